The molecule has 1 heteroatoms. The number of benzene rings is 1. The first kappa shape index (κ1) is 8.49. The molecule has 1 nitrogen and oxygen atoms in total. The molecule has 0 saturated heterocycles. The molecule has 0 radical (unpaired) electrons. The fourth-order valence-corrected chi connectivity index (χ4v) is 1.71. The molecule has 13 heavy (non-hydrogen) atoms. The topological polar surface area (TPSA) is 17.1 Å². The largest absolute Gasteiger partial charge is 0.298 e. The van der Waals surface area contributed by atoms with Crippen molar-refractivity contribution < 1.29 is 4.79 Å². The summed E-state index contributed by atoms with van der Waals surface area (Å²) in [5.41, 5.74) is 4.67. The average molecular weight is 174 g/mol. The summed E-state index contributed by atoms with van der Waals surface area (Å²) in [5, 5.41) is 0. The molecule has 1 aromatic carbocycles. The second-order valence-electron chi connectivity index (χ2n) is 3.96. The molecule has 1 aliphatic carbocycles. The number of aldehydes is 1. The molecule has 1 saturated carbocycles. The van der Waals surface area contributed by atoms with E-state index in [-0.39, 0.29) is 0 Å². The van der Waals surface area contributed by atoms with Gasteiger partial charge in [0, 0.05) is 5.56 Å². The van der Waals surface area contributed by atoms with E-state index in [1.807, 2.05) is 6.07 Å². The Bertz CT molecular complexity index is 348. The van der Waals surface area contributed by atoms with E-state index in [1.165, 1.54) is 29.5 Å². The molecule has 0 N–H and O–H groups in total. The molecule has 1 aromatic rings. The van der Waals surface area contributed by atoms with Gasteiger partial charge in [0.15, 0.2) is 0 Å². The van der Waals surface area contributed by atoms with Crippen molar-refractivity contribution in [2.75, 3.05) is 0 Å². The summed E-state index contributed by atoms with van der Waals surface area (Å²) < 4.78 is 0. The molecule has 2 rings (SSSR count). The maximum absolute atomic E-state index is 10.8. The number of rotatable bonds is 2. The van der Waals surface area contributed by atoms with E-state index in [2.05, 4.69) is 19.9 Å². The Labute approximate surface area is 78.8 Å². The molecule has 1 fully saturated rings. The van der Waals surface area contributed by atoms with Crippen LogP contribution in [0.25, 0.3) is 0 Å². The van der Waals surface area contributed by atoms with Crippen molar-refractivity contribution in [2.45, 2.75) is 32.6 Å². The first-order chi connectivity index (χ1) is 6.22. The van der Waals surface area contributed by atoms with Crippen LogP contribution in [-0.2, 0) is 0 Å². The molecule has 0 atom stereocenters. The van der Waals surface area contributed by atoms with E-state index in [9.17, 15) is 4.79 Å². The highest BCUT2D eigenvalue weighted by Gasteiger charge is 2.26. The summed E-state index contributed by atoms with van der Waals surface area (Å²) in [6.07, 6.45) is 3.49. The monoisotopic (exact) mass is 174 g/mol. The van der Waals surface area contributed by atoms with Gasteiger partial charge in [-0.05, 0) is 55.4 Å². The highest BCUT2D eigenvalue weighted by atomic mass is 16.1. The van der Waals surface area contributed by atoms with Crippen LogP contribution in [-0.4, -0.2) is 6.29 Å². The molecule has 0 heterocycles. The number of carbonyl (C=O) groups excluding carboxylic acids is 1. The van der Waals surface area contributed by atoms with Gasteiger partial charge >= 0.3 is 0 Å². The van der Waals surface area contributed by atoms with Crippen LogP contribution in [0.3, 0.4) is 0 Å². The Hall–Kier alpha value is -1.11. The quantitative estimate of drug-likeness (QED) is 0.630. The Kier molecular flexibility index (Phi) is 1.95. The van der Waals surface area contributed by atoms with Crippen LogP contribution in [0.5, 0.6) is 0 Å². The number of hydrogen-bond acceptors (Lipinski definition) is 1. The van der Waals surface area contributed by atoms with Gasteiger partial charge in [-0.3, -0.25) is 4.79 Å². The van der Waals surface area contributed by atoms with Gasteiger partial charge in [0.05, 0.1) is 0 Å². The molecule has 0 unspecified atom stereocenters. The summed E-state index contributed by atoms with van der Waals surface area (Å²) in [7, 11) is 0. The molecule has 68 valence electrons. The average Bonchev–Trinajstić information content (AvgIpc) is 2.92. The van der Waals surface area contributed by atoms with E-state index >= 15 is 0 Å². The van der Waals surface area contributed by atoms with Crippen LogP contribution in [0, 0.1) is 13.8 Å². The zero-order valence-electron chi connectivity index (χ0n) is 8.13. The first-order valence-corrected chi connectivity index (χ1v) is 4.78. The SMILES string of the molecule is Cc1cc(C=O)c(C2CC2)cc1C. The van der Waals surface area contributed by atoms with E-state index in [0.717, 1.165) is 11.8 Å². The molecule has 0 bridgehead atoms. The third kappa shape index (κ3) is 1.51. The highest BCUT2D eigenvalue weighted by Crippen LogP contribution is 2.41. The van der Waals surface area contributed by atoms with Gasteiger partial charge in [0.1, 0.15) is 6.29 Å². The normalized spacial score (nSPS) is 15.8. The molecule has 0 amide bonds. The van der Waals surface area contributed by atoms with Crippen molar-refractivity contribution in [2.24, 2.45) is 0 Å². The van der Waals surface area contributed by atoms with Crippen molar-refractivity contribution in [3.63, 3.8) is 0 Å². The van der Waals surface area contributed by atoms with Crippen LogP contribution in [0.2, 0.25) is 0 Å². The Morgan fingerprint density at radius 1 is 1.23 bits per heavy atom. The van der Waals surface area contributed by atoms with Gasteiger partial charge in [-0.1, -0.05) is 6.07 Å². The van der Waals surface area contributed by atoms with Gasteiger partial charge in [0.25, 0.3) is 0 Å². The van der Waals surface area contributed by atoms with Gasteiger partial charge in [0.2, 0.25) is 0 Å². The van der Waals surface area contributed by atoms with Crippen LogP contribution in [0.15, 0.2) is 12.1 Å². The summed E-state index contributed by atoms with van der Waals surface area (Å²) in [5.74, 6) is 0.666. The summed E-state index contributed by atoms with van der Waals surface area (Å²) in [6, 6.07) is 4.19. The molecule has 0 spiro atoms. The van der Waals surface area contributed by atoms with Gasteiger partial charge in [-0.15, -0.1) is 0 Å². The lowest BCUT2D eigenvalue weighted by Crippen LogP contribution is -1.94. The molecule has 1 aliphatic rings. The van der Waals surface area contributed by atoms with Crippen LogP contribution >= 0.6 is 0 Å². The predicted octanol–water partition coefficient (Wildman–Crippen LogP) is 2.99. The standard InChI is InChI=1S/C12H14O/c1-8-5-11(7-13)12(6-9(8)2)10-3-4-10/h5-7,10H,3-4H2,1-2H3. The maximum Gasteiger partial charge on any atom is 0.150 e. The highest BCUT2D eigenvalue weighted by molar-refractivity contribution is 5.78. The summed E-state index contributed by atoms with van der Waals surface area (Å²) >= 11 is 0. The van der Waals surface area contributed by atoms with Gasteiger partial charge in [-0.2, -0.15) is 0 Å². The molecule has 0 aliphatic heterocycles. The third-order valence-electron chi connectivity index (χ3n) is 2.84. The van der Waals surface area contributed by atoms with Crippen molar-refractivity contribution in [3.8, 4) is 0 Å². The Morgan fingerprint density at radius 2 is 1.85 bits per heavy atom. The lowest BCUT2D eigenvalue weighted by atomic mass is 9.98. The molecular weight excluding hydrogens is 160 g/mol. The number of hydrogen-bond donors (Lipinski definition) is 0. The van der Waals surface area contributed by atoms with Crippen LogP contribution < -0.4 is 0 Å². The summed E-state index contributed by atoms with van der Waals surface area (Å²) in [4.78, 5) is 10.8. The number of aryl methyl sites for hydroxylation is 2. The second kappa shape index (κ2) is 2.99. The van der Waals surface area contributed by atoms with E-state index in [0.29, 0.717) is 5.92 Å². The lowest BCUT2D eigenvalue weighted by molar-refractivity contribution is 0.112. The van der Waals surface area contributed by atoms with Crippen LogP contribution in [0.1, 0.15) is 45.8 Å². The van der Waals surface area contributed by atoms with E-state index in [1.54, 1.807) is 0 Å². The number of carbonyl (C=O) groups is 1. The van der Waals surface area contributed by atoms with E-state index in [4.69, 9.17) is 0 Å². The van der Waals surface area contributed by atoms with Crippen LogP contribution in [0.4, 0.5) is 0 Å². The fourth-order valence-electron chi connectivity index (χ4n) is 1.71. The lowest BCUT2D eigenvalue weighted by Gasteiger charge is -2.07. The molecule has 0 aromatic heterocycles. The zero-order chi connectivity index (χ0) is 9.42. The first-order valence-electron chi connectivity index (χ1n) is 4.78. The Morgan fingerprint density at radius 3 is 2.38 bits per heavy atom. The third-order valence-corrected chi connectivity index (χ3v) is 2.84. The minimum absolute atomic E-state index is 0.666. The predicted molar refractivity (Wildman–Crippen MR) is 53.3 cm³/mol. The summed E-state index contributed by atoms with van der Waals surface area (Å²) in [6.45, 7) is 4.16. The van der Waals surface area contributed by atoms with Crippen molar-refractivity contribution >= 4 is 6.29 Å². The van der Waals surface area contributed by atoms with E-state index < -0.39 is 0 Å². The maximum atomic E-state index is 10.8. The minimum atomic E-state index is 0.666. The van der Waals surface area contributed by atoms with Gasteiger partial charge < -0.3 is 0 Å². The van der Waals surface area contributed by atoms with Crippen molar-refractivity contribution in [1.82, 2.24) is 0 Å². The smallest absolute Gasteiger partial charge is 0.150 e. The second-order valence-corrected chi connectivity index (χ2v) is 3.96. The Balaban J connectivity index is 2.52. The minimum Gasteiger partial charge on any atom is -0.298 e. The molecular formula is C12H14O. The zero-order valence-corrected chi connectivity index (χ0v) is 8.13. The van der Waals surface area contributed by atoms with Crippen molar-refractivity contribution in [1.29, 1.82) is 0 Å². The fraction of sp³-hybridized carbons (Fsp3) is 0.417. The van der Waals surface area contributed by atoms with Gasteiger partial charge in [-0.25, -0.2) is 0 Å². The van der Waals surface area contributed by atoms with Crippen molar-refractivity contribution in [3.05, 3.63) is 34.4 Å².